The number of unbranched alkanes of at least 4 members (excludes halogenated alkanes) is 1. The van der Waals surface area contributed by atoms with Gasteiger partial charge >= 0.3 is 0 Å². The zero-order valence-electron chi connectivity index (χ0n) is 10.2. The second-order valence-electron chi connectivity index (χ2n) is 4.08. The number of anilines is 1. The van der Waals surface area contributed by atoms with E-state index in [1.54, 1.807) is 31.2 Å². The Balaban J connectivity index is 2.78. The van der Waals surface area contributed by atoms with E-state index in [0.717, 1.165) is 6.42 Å². The summed E-state index contributed by atoms with van der Waals surface area (Å²) < 4.78 is 25.8. The molecule has 17 heavy (non-hydrogen) atoms. The number of hydrogen-bond donors (Lipinski definition) is 2. The van der Waals surface area contributed by atoms with E-state index < -0.39 is 16.1 Å². The van der Waals surface area contributed by atoms with E-state index in [-0.39, 0.29) is 5.75 Å². The molecule has 0 heterocycles. The number of benzene rings is 1. The normalized spacial score (nSPS) is 13.4. The van der Waals surface area contributed by atoms with Crippen molar-refractivity contribution < 1.29 is 13.5 Å². The Labute approximate surface area is 103 Å². The maximum Gasteiger partial charge on any atom is 0.232 e. The first-order chi connectivity index (χ1) is 7.94. The predicted molar refractivity (Wildman–Crippen MR) is 69.4 cm³/mol. The van der Waals surface area contributed by atoms with Crippen LogP contribution >= 0.6 is 0 Å². The molecule has 0 aromatic heterocycles. The van der Waals surface area contributed by atoms with Gasteiger partial charge in [-0.15, -0.1) is 0 Å². The van der Waals surface area contributed by atoms with Crippen LogP contribution in [0.5, 0.6) is 0 Å². The Morgan fingerprint density at radius 2 is 2.12 bits per heavy atom. The van der Waals surface area contributed by atoms with Gasteiger partial charge in [0.25, 0.3) is 0 Å². The van der Waals surface area contributed by atoms with Gasteiger partial charge in [0, 0.05) is 5.69 Å². The third-order valence-corrected chi connectivity index (χ3v) is 3.78. The molecule has 2 N–H and O–H groups in total. The fourth-order valence-corrected chi connectivity index (χ4v) is 2.68. The van der Waals surface area contributed by atoms with Gasteiger partial charge in [0.15, 0.2) is 0 Å². The monoisotopic (exact) mass is 257 g/mol. The minimum atomic E-state index is -3.27. The fraction of sp³-hybridized carbons (Fsp3) is 0.500. The van der Waals surface area contributed by atoms with Gasteiger partial charge in [-0.1, -0.05) is 25.5 Å². The van der Waals surface area contributed by atoms with Crippen LogP contribution in [0.3, 0.4) is 0 Å². The molecule has 96 valence electrons. The van der Waals surface area contributed by atoms with Crippen LogP contribution in [-0.4, -0.2) is 19.3 Å². The van der Waals surface area contributed by atoms with E-state index >= 15 is 0 Å². The van der Waals surface area contributed by atoms with Gasteiger partial charge in [-0.3, -0.25) is 4.72 Å². The van der Waals surface area contributed by atoms with Crippen LogP contribution in [0.1, 0.15) is 38.4 Å². The number of hydrogen-bond acceptors (Lipinski definition) is 3. The van der Waals surface area contributed by atoms with Crippen molar-refractivity contribution in [1.29, 1.82) is 0 Å². The number of sulfonamides is 1. The van der Waals surface area contributed by atoms with E-state index in [2.05, 4.69) is 4.72 Å². The van der Waals surface area contributed by atoms with Gasteiger partial charge in [-0.05, 0) is 31.0 Å². The number of rotatable bonds is 6. The first kappa shape index (κ1) is 14.0. The Bertz CT molecular complexity index is 455. The summed E-state index contributed by atoms with van der Waals surface area (Å²) in [6.07, 6.45) is 0.884. The highest BCUT2D eigenvalue weighted by Crippen LogP contribution is 2.18. The maximum absolute atomic E-state index is 11.7. The SMILES string of the molecule is CCCCS(=O)(=O)Nc1cccc(C(C)O)c1. The lowest BCUT2D eigenvalue weighted by atomic mass is 10.1. The highest BCUT2D eigenvalue weighted by Gasteiger charge is 2.10. The van der Waals surface area contributed by atoms with Crippen molar-refractivity contribution in [1.82, 2.24) is 0 Å². The van der Waals surface area contributed by atoms with Crippen LogP contribution in [0.15, 0.2) is 24.3 Å². The minimum Gasteiger partial charge on any atom is -0.389 e. The van der Waals surface area contributed by atoms with Crippen LogP contribution in [0, 0.1) is 0 Å². The minimum absolute atomic E-state index is 0.127. The molecule has 0 aliphatic carbocycles. The van der Waals surface area contributed by atoms with E-state index in [4.69, 9.17) is 0 Å². The Morgan fingerprint density at radius 3 is 2.71 bits per heavy atom. The molecule has 0 saturated heterocycles. The quantitative estimate of drug-likeness (QED) is 0.821. The summed E-state index contributed by atoms with van der Waals surface area (Å²) >= 11 is 0. The molecule has 1 atom stereocenters. The van der Waals surface area contributed by atoms with Crippen LogP contribution in [0.4, 0.5) is 5.69 Å². The molecule has 0 amide bonds. The van der Waals surface area contributed by atoms with E-state index in [9.17, 15) is 13.5 Å². The van der Waals surface area contributed by atoms with Crippen LogP contribution in [0.2, 0.25) is 0 Å². The summed E-state index contributed by atoms with van der Waals surface area (Å²) in [6.45, 7) is 3.59. The van der Waals surface area contributed by atoms with Crippen molar-refractivity contribution in [2.45, 2.75) is 32.8 Å². The highest BCUT2D eigenvalue weighted by molar-refractivity contribution is 7.92. The molecule has 0 radical (unpaired) electrons. The molecule has 0 fully saturated rings. The summed E-state index contributed by atoms with van der Waals surface area (Å²) in [5, 5.41) is 9.41. The topological polar surface area (TPSA) is 66.4 Å². The Morgan fingerprint density at radius 1 is 1.41 bits per heavy atom. The Hall–Kier alpha value is -1.07. The van der Waals surface area contributed by atoms with E-state index in [1.807, 2.05) is 6.92 Å². The largest absolute Gasteiger partial charge is 0.389 e. The molecule has 1 aromatic rings. The van der Waals surface area contributed by atoms with Gasteiger partial charge in [-0.25, -0.2) is 8.42 Å². The molecule has 0 aliphatic heterocycles. The summed E-state index contributed by atoms with van der Waals surface area (Å²) in [7, 11) is -3.27. The average Bonchev–Trinajstić information content (AvgIpc) is 2.26. The van der Waals surface area contributed by atoms with Gasteiger partial charge in [0.1, 0.15) is 0 Å². The first-order valence-corrected chi connectivity index (χ1v) is 7.38. The molecule has 1 unspecified atom stereocenters. The molecule has 0 spiro atoms. The molecule has 0 bridgehead atoms. The molecular formula is C12H19NO3S. The highest BCUT2D eigenvalue weighted by atomic mass is 32.2. The smallest absolute Gasteiger partial charge is 0.232 e. The molecule has 4 nitrogen and oxygen atoms in total. The predicted octanol–water partition coefficient (Wildman–Crippen LogP) is 2.28. The zero-order chi connectivity index (χ0) is 12.9. The van der Waals surface area contributed by atoms with Gasteiger partial charge in [0.2, 0.25) is 10.0 Å². The molecule has 1 aromatic carbocycles. The van der Waals surface area contributed by atoms with Crippen molar-refractivity contribution in [2.24, 2.45) is 0 Å². The van der Waals surface area contributed by atoms with Crippen molar-refractivity contribution in [3.8, 4) is 0 Å². The summed E-state index contributed by atoms with van der Waals surface area (Å²) in [5.41, 5.74) is 1.19. The van der Waals surface area contributed by atoms with Gasteiger partial charge < -0.3 is 5.11 Å². The standard InChI is InChI=1S/C12H19NO3S/c1-3-4-8-17(15,16)13-12-7-5-6-11(9-12)10(2)14/h5-7,9-10,13-14H,3-4,8H2,1-2H3. The van der Waals surface area contributed by atoms with Gasteiger partial charge in [0.05, 0.1) is 11.9 Å². The lowest BCUT2D eigenvalue weighted by Crippen LogP contribution is -2.16. The molecule has 0 aliphatic rings. The van der Waals surface area contributed by atoms with Crippen molar-refractivity contribution in [2.75, 3.05) is 10.5 Å². The first-order valence-electron chi connectivity index (χ1n) is 5.73. The molecule has 0 saturated carbocycles. The Kier molecular flexibility index (Phi) is 4.96. The number of aliphatic hydroxyl groups is 1. The van der Waals surface area contributed by atoms with Crippen molar-refractivity contribution in [3.63, 3.8) is 0 Å². The summed E-state index contributed by atoms with van der Waals surface area (Å²) in [6, 6.07) is 6.80. The average molecular weight is 257 g/mol. The van der Waals surface area contributed by atoms with Gasteiger partial charge in [-0.2, -0.15) is 0 Å². The third-order valence-electron chi connectivity index (χ3n) is 2.41. The lowest BCUT2D eigenvalue weighted by molar-refractivity contribution is 0.199. The molecule has 1 rings (SSSR count). The number of aliphatic hydroxyl groups excluding tert-OH is 1. The molecule has 5 heteroatoms. The lowest BCUT2D eigenvalue weighted by Gasteiger charge is -2.10. The van der Waals surface area contributed by atoms with Crippen LogP contribution in [-0.2, 0) is 10.0 Å². The second kappa shape index (κ2) is 6.02. The maximum atomic E-state index is 11.7. The summed E-state index contributed by atoms with van der Waals surface area (Å²) in [4.78, 5) is 0. The van der Waals surface area contributed by atoms with Crippen molar-refractivity contribution >= 4 is 15.7 Å². The molecular weight excluding hydrogens is 238 g/mol. The zero-order valence-corrected chi connectivity index (χ0v) is 11.0. The second-order valence-corrected chi connectivity index (χ2v) is 5.92. The van der Waals surface area contributed by atoms with E-state index in [0.29, 0.717) is 17.7 Å². The fourth-order valence-electron chi connectivity index (χ4n) is 1.43. The van der Waals surface area contributed by atoms with Crippen LogP contribution < -0.4 is 4.72 Å². The summed E-state index contributed by atoms with van der Waals surface area (Å²) in [5.74, 6) is 0.127. The van der Waals surface area contributed by atoms with E-state index in [1.165, 1.54) is 0 Å². The van der Waals surface area contributed by atoms with Crippen molar-refractivity contribution in [3.05, 3.63) is 29.8 Å². The third kappa shape index (κ3) is 4.75. The van der Waals surface area contributed by atoms with Crippen LogP contribution in [0.25, 0.3) is 0 Å². The number of nitrogens with one attached hydrogen (secondary N) is 1.